The monoisotopic (exact) mass is 270 g/mol. The molecular formula is C12H18N2O3S. The van der Waals surface area contributed by atoms with E-state index in [1.165, 1.54) is 10.4 Å². The molecule has 0 unspecified atom stereocenters. The van der Waals surface area contributed by atoms with Gasteiger partial charge in [0.15, 0.2) is 0 Å². The minimum Gasteiger partial charge on any atom is -0.399 e. The van der Waals surface area contributed by atoms with Crippen molar-refractivity contribution in [3.05, 3.63) is 24.3 Å². The first kappa shape index (κ1) is 13.3. The van der Waals surface area contributed by atoms with Crippen LogP contribution in [0.4, 0.5) is 5.69 Å². The van der Waals surface area contributed by atoms with Crippen LogP contribution >= 0.6 is 0 Å². The van der Waals surface area contributed by atoms with E-state index in [1.54, 1.807) is 18.2 Å². The van der Waals surface area contributed by atoms with E-state index in [0.717, 1.165) is 0 Å². The van der Waals surface area contributed by atoms with Gasteiger partial charge in [-0.1, -0.05) is 6.07 Å². The maximum absolute atomic E-state index is 12.4. The van der Waals surface area contributed by atoms with Crippen LogP contribution in [0.25, 0.3) is 0 Å². The number of nitrogen functional groups attached to an aromatic ring is 1. The van der Waals surface area contributed by atoms with E-state index in [2.05, 4.69) is 0 Å². The summed E-state index contributed by atoms with van der Waals surface area (Å²) in [7, 11) is -3.48. The maximum Gasteiger partial charge on any atom is 0.243 e. The van der Waals surface area contributed by atoms with Gasteiger partial charge in [0.05, 0.1) is 17.1 Å². The van der Waals surface area contributed by atoms with Crippen LogP contribution < -0.4 is 5.73 Å². The Balaban J connectivity index is 2.31. The highest BCUT2D eigenvalue weighted by molar-refractivity contribution is 7.89. The maximum atomic E-state index is 12.4. The number of morpholine rings is 1. The Hall–Kier alpha value is -1.11. The van der Waals surface area contributed by atoms with Gasteiger partial charge in [0, 0.05) is 18.8 Å². The van der Waals surface area contributed by atoms with Crippen molar-refractivity contribution in [1.82, 2.24) is 4.31 Å². The first-order valence-electron chi connectivity index (χ1n) is 5.81. The average Bonchev–Trinajstić information content (AvgIpc) is 2.27. The van der Waals surface area contributed by atoms with Crippen LogP contribution in [-0.2, 0) is 14.8 Å². The first-order valence-corrected chi connectivity index (χ1v) is 7.25. The number of hydrogen-bond donors (Lipinski definition) is 1. The van der Waals surface area contributed by atoms with Crippen molar-refractivity contribution in [2.24, 2.45) is 0 Å². The molecule has 0 amide bonds. The Morgan fingerprint density at radius 2 is 2.11 bits per heavy atom. The zero-order valence-corrected chi connectivity index (χ0v) is 11.4. The highest BCUT2D eigenvalue weighted by Crippen LogP contribution is 2.24. The van der Waals surface area contributed by atoms with Gasteiger partial charge in [-0.2, -0.15) is 4.31 Å². The third-order valence-electron chi connectivity index (χ3n) is 2.89. The lowest BCUT2D eigenvalue weighted by Crippen LogP contribution is -2.50. The Bertz CT molecular complexity index is 540. The molecule has 1 aromatic rings. The second-order valence-electron chi connectivity index (χ2n) is 5.02. The molecular weight excluding hydrogens is 252 g/mol. The van der Waals surface area contributed by atoms with Crippen molar-refractivity contribution in [3.8, 4) is 0 Å². The lowest BCUT2D eigenvalue weighted by Gasteiger charge is -2.37. The highest BCUT2D eigenvalue weighted by atomic mass is 32.2. The fourth-order valence-electron chi connectivity index (χ4n) is 2.00. The molecule has 5 nitrogen and oxygen atoms in total. The summed E-state index contributed by atoms with van der Waals surface area (Å²) < 4.78 is 31.9. The second kappa shape index (κ2) is 4.53. The zero-order chi connectivity index (χ0) is 13.4. The Morgan fingerprint density at radius 1 is 1.39 bits per heavy atom. The molecule has 0 spiro atoms. The molecule has 2 rings (SSSR count). The SMILES string of the molecule is CC1(C)CN(S(=O)(=O)c2cccc(N)c2)CCO1. The van der Waals surface area contributed by atoms with Gasteiger partial charge < -0.3 is 10.5 Å². The van der Waals surface area contributed by atoms with Crippen LogP contribution in [0, 0.1) is 0 Å². The molecule has 100 valence electrons. The number of nitrogens with zero attached hydrogens (tertiary/aromatic N) is 1. The number of benzene rings is 1. The van der Waals surface area contributed by atoms with Crippen molar-refractivity contribution in [2.45, 2.75) is 24.3 Å². The van der Waals surface area contributed by atoms with Gasteiger partial charge >= 0.3 is 0 Å². The molecule has 0 aromatic heterocycles. The topological polar surface area (TPSA) is 72.6 Å². The van der Waals surface area contributed by atoms with Crippen LogP contribution in [0.3, 0.4) is 0 Å². The second-order valence-corrected chi connectivity index (χ2v) is 6.96. The summed E-state index contributed by atoms with van der Waals surface area (Å²) in [5.41, 5.74) is 5.63. The average molecular weight is 270 g/mol. The van der Waals surface area contributed by atoms with Gasteiger partial charge in [-0.25, -0.2) is 8.42 Å². The summed E-state index contributed by atoms with van der Waals surface area (Å²) in [6.45, 7) is 4.90. The number of ether oxygens (including phenoxy) is 1. The van der Waals surface area contributed by atoms with Crippen LogP contribution in [0.1, 0.15) is 13.8 Å². The van der Waals surface area contributed by atoms with Crippen LogP contribution in [-0.4, -0.2) is 38.0 Å². The predicted molar refractivity (Wildman–Crippen MR) is 69.6 cm³/mol. The third kappa shape index (κ3) is 2.66. The molecule has 18 heavy (non-hydrogen) atoms. The van der Waals surface area contributed by atoms with Crippen molar-refractivity contribution in [1.29, 1.82) is 0 Å². The molecule has 0 saturated carbocycles. The lowest BCUT2D eigenvalue weighted by atomic mass is 10.1. The molecule has 2 N–H and O–H groups in total. The van der Waals surface area contributed by atoms with Gasteiger partial charge in [-0.3, -0.25) is 0 Å². The fourth-order valence-corrected chi connectivity index (χ4v) is 3.63. The van der Waals surface area contributed by atoms with Crippen LogP contribution in [0.5, 0.6) is 0 Å². The first-order chi connectivity index (χ1) is 8.31. The van der Waals surface area contributed by atoms with E-state index >= 15 is 0 Å². The summed E-state index contributed by atoms with van der Waals surface area (Å²) in [6, 6.07) is 6.36. The predicted octanol–water partition coefficient (Wildman–Crippen LogP) is 1.07. The quantitative estimate of drug-likeness (QED) is 0.816. The molecule has 1 aliphatic heterocycles. The van der Waals surface area contributed by atoms with Crippen molar-refractivity contribution < 1.29 is 13.2 Å². The van der Waals surface area contributed by atoms with Gasteiger partial charge in [0.1, 0.15) is 0 Å². The van der Waals surface area contributed by atoms with E-state index in [4.69, 9.17) is 10.5 Å². The number of sulfonamides is 1. The van der Waals surface area contributed by atoms with Gasteiger partial charge in [-0.05, 0) is 32.0 Å². The molecule has 1 aromatic carbocycles. The molecule has 0 atom stereocenters. The minimum absolute atomic E-state index is 0.236. The van der Waals surface area contributed by atoms with Gasteiger partial charge in [0.2, 0.25) is 10.0 Å². The van der Waals surface area contributed by atoms with E-state index in [0.29, 0.717) is 25.4 Å². The third-order valence-corrected chi connectivity index (χ3v) is 4.73. The lowest BCUT2D eigenvalue weighted by molar-refractivity contribution is -0.0640. The molecule has 0 aliphatic carbocycles. The summed E-state index contributed by atoms with van der Waals surface area (Å²) in [6.07, 6.45) is 0. The Labute approximate surface area is 108 Å². The van der Waals surface area contributed by atoms with Gasteiger partial charge in [-0.15, -0.1) is 0 Å². The fraction of sp³-hybridized carbons (Fsp3) is 0.500. The smallest absolute Gasteiger partial charge is 0.243 e. The van der Waals surface area contributed by atoms with Crippen LogP contribution in [0.15, 0.2) is 29.2 Å². The van der Waals surface area contributed by atoms with Crippen molar-refractivity contribution in [2.75, 3.05) is 25.4 Å². The van der Waals surface area contributed by atoms with E-state index in [-0.39, 0.29) is 4.90 Å². The van der Waals surface area contributed by atoms with E-state index in [1.807, 2.05) is 13.8 Å². The largest absolute Gasteiger partial charge is 0.399 e. The normalized spacial score (nSPS) is 20.8. The summed E-state index contributed by atoms with van der Waals surface area (Å²) >= 11 is 0. The van der Waals surface area contributed by atoms with Crippen LogP contribution in [0.2, 0.25) is 0 Å². The molecule has 1 saturated heterocycles. The van der Waals surface area contributed by atoms with Crippen molar-refractivity contribution >= 4 is 15.7 Å². The number of anilines is 1. The molecule has 1 aliphatic rings. The molecule has 1 heterocycles. The summed E-state index contributed by atoms with van der Waals surface area (Å²) in [4.78, 5) is 0.236. The van der Waals surface area contributed by atoms with E-state index < -0.39 is 15.6 Å². The Morgan fingerprint density at radius 3 is 2.72 bits per heavy atom. The zero-order valence-electron chi connectivity index (χ0n) is 10.6. The number of hydrogen-bond acceptors (Lipinski definition) is 4. The standard InChI is InChI=1S/C12H18N2O3S/c1-12(2)9-14(6-7-17-12)18(15,16)11-5-3-4-10(13)8-11/h3-5,8H,6-7,9,13H2,1-2H3. The van der Waals surface area contributed by atoms with E-state index in [9.17, 15) is 8.42 Å². The number of rotatable bonds is 2. The molecule has 0 radical (unpaired) electrons. The molecule has 0 bridgehead atoms. The summed E-state index contributed by atoms with van der Waals surface area (Å²) in [5, 5.41) is 0. The van der Waals surface area contributed by atoms with Crippen molar-refractivity contribution in [3.63, 3.8) is 0 Å². The molecule has 1 fully saturated rings. The molecule has 6 heteroatoms. The van der Waals surface area contributed by atoms with Gasteiger partial charge in [0.25, 0.3) is 0 Å². The highest BCUT2D eigenvalue weighted by Gasteiger charge is 2.34. The minimum atomic E-state index is -3.48. The Kier molecular flexibility index (Phi) is 3.35. The summed E-state index contributed by atoms with van der Waals surface area (Å²) in [5.74, 6) is 0. The number of nitrogens with two attached hydrogens (primary N) is 1.